The van der Waals surface area contributed by atoms with E-state index < -0.39 is 0 Å². The molecule has 1 N–H and O–H groups in total. The molecule has 1 rings (SSSR count). The smallest absolute Gasteiger partial charge is 0.0694 e. The van der Waals surface area contributed by atoms with Crippen LogP contribution in [0.4, 0.5) is 0 Å². The fraction of sp³-hybridized carbons (Fsp3) is 1.00. The van der Waals surface area contributed by atoms with Gasteiger partial charge in [0.1, 0.15) is 0 Å². The van der Waals surface area contributed by atoms with Gasteiger partial charge in [-0.25, -0.2) is 0 Å². The largest absolute Gasteiger partial charge is 0.390 e. The summed E-state index contributed by atoms with van der Waals surface area (Å²) in [5.74, 6) is 0. The summed E-state index contributed by atoms with van der Waals surface area (Å²) in [4.78, 5) is 0. The van der Waals surface area contributed by atoms with Crippen LogP contribution < -0.4 is 0 Å². The number of methoxy groups -OCH3 is 1. The maximum absolute atomic E-state index is 9.44. The molecule has 0 unspecified atom stereocenters. The summed E-state index contributed by atoms with van der Waals surface area (Å²) < 4.78 is 5.02. The summed E-state index contributed by atoms with van der Waals surface area (Å²) in [6.45, 7) is 2.01. The van der Waals surface area contributed by atoms with Gasteiger partial charge in [-0.2, -0.15) is 0 Å². The number of ether oxygens (including phenoxy) is 1. The zero-order chi connectivity index (χ0) is 6.91. The van der Waals surface area contributed by atoms with E-state index in [0.29, 0.717) is 6.10 Å². The lowest BCUT2D eigenvalue weighted by Gasteiger charge is -2.42. The van der Waals surface area contributed by atoms with E-state index in [1.54, 1.807) is 7.11 Å². The van der Waals surface area contributed by atoms with Gasteiger partial charge in [0.15, 0.2) is 0 Å². The van der Waals surface area contributed by atoms with Gasteiger partial charge in [-0.15, -0.1) is 0 Å². The third kappa shape index (κ3) is 1.25. The third-order valence-electron chi connectivity index (χ3n) is 2.21. The number of aliphatic hydroxyl groups is 1. The first-order valence-corrected chi connectivity index (χ1v) is 3.45. The maximum atomic E-state index is 9.44. The van der Waals surface area contributed by atoms with Gasteiger partial charge in [-0.05, 0) is 6.42 Å². The van der Waals surface area contributed by atoms with E-state index in [-0.39, 0.29) is 5.60 Å². The Balaban J connectivity index is 2.24. The van der Waals surface area contributed by atoms with E-state index in [4.69, 9.17) is 4.74 Å². The van der Waals surface area contributed by atoms with Crippen LogP contribution in [0.25, 0.3) is 0 Å². The Kier molecular flexibility index (Phi) is 1.78. The van der Waals surface area contributed by atoms with Crippen LogP contribution in [-0.2, 0) is 4.74 Å². The highest BCUT2D eigenvalue weighted by molar-refractivity contribution is 4.93. The first-order valence-electron chi connectivity index (χ1n) is 3.45. The molecule has 2 heteroatoms. The Morgan fingerprint density at radius 3 is 2.56 bits per heavy atom. The highest BCUT2D eigenvalue weighted by atomic mass is 16.5. The fourth-order valence-electron chi connectivity index (χ4n) is 1.24. The van der Waals surface area contributed by atoms with Gasteiger partial charge in [-0.3, -0.25) is 0 Å². The molecular weight excluding hydrogens is 116 g/mol. The minimum absolute atomic E-state index is 0.315. The molecule has 0 heterocycles. The summed E-state index contributed by atoms with van der Waals surface area (Å²) in [5.41, 5.74) is -0.388. The van der Waals surface area contributed by atoms with Crippen molar-refractivity contribution < 1.29 is 9.84 Å². The van der Waals surface area contributed by atoms with Gasteiger partial charge in [0.2, 0.25) is 0 Å². The first kappa shape index (κ1) is 7.03. The standard InChI is InChI=1S/C7H14O2/c1-3-7(8)4-6(5-7)9-2/h6,8H,3-5H2,1-2H3. The summed E-state index contributed by atoms with van der Waals surface area (Å²) in [7, 11) is 1.69. The second kappa shape index (κ2) is 2.27. The minimum atomic E-state index is -0.388. The average molecular weight is 130 g/mol. The quantitative estimate of drug-likeness (QED) is 0.602. The Bertz CT molecular complexity index is 95.1. The molecule has 0 amide bonds. The molecule has 0 bridgehead atoms. The van der Waals surface area contributed by atoms with Gasteiger partial charge < -0.3 is 9.84 Å². The maximum Gasteiger partial charge on any atom is 0.0694 e. The molecule has 9 heavy (non-hydrogen) atoms. The van der Waals surface area contributed by atoms with E-state index in [2.05, 4.69) is 0 Å². The first-order chi connectivity index (χ1) is 4.20. The normalized spacial score (nSPS) is 42.3. The van der Waals surface area contributed by atoms with Crippen molar-refractivity contribution in [2.24, 2.45) is 0 Å². The molecule has 0 spiro atoms. The number of rotatable bonds is 2. The Hall–Kier alpha value is -0.0800. The lowest BCUT2D eigenvalue weighted by atomic mass is 9.76. The van der Waals surface area contributed by atoms with Crippen molar-refractivity contribution in [2.45, 2.75) is 37.9 Å². The van der Waals surface area contributed by atoms with Crippen LogP contribution in [0, 0.1) is 0 Å². The molecule has 2 nitrogen and oxygen atoms in total. The Morgan fingerprint density at radius 2 is 2.22 bits per heavy atom. The molecule has 54 valence electrons. The summed E-state index contributed by atoms with van der Waals surface area (Å²) in [5, 5.41) is 9.44. The fourth-order valence-corrected chi connectivity index (χ4v) is 1.24. The van der Waals surface area contributed by atoms with Crippen LogP contribution in [0.2, 0.25) is 0 Å². The van der Waals surface area contributed by atoms with Gasteiger partial charge in [0, 0.05) is 20.0 Å². The highest BCUT2D eigenvalue weighted by Crippen LogP contribution is 2.36. The minimum Gasteiger partial charge on any atom is -0.390 e. The van der Waals surface area contributed by atoms with E-state index in [1.807, 2.05) is 6.92 Å². The van der Waals surface area contributed by atoms with Gasteiger partial charge in [0.05, 0.1) is 11.7 Å². The molecule has 1 aliphatic rings. The molecule has 1 saturated carbocycles. The summed E-state index contributed by atoms with van der Waals surface area (Å²) in [6.07, 6.45) is 2.81. The lowest BCUT2D eigenvalue weighted by molar-refractivity contribution is -0.128. The molecule has 1 fully saturated rings. The van der Waals surface area contributed by atoms with Crippen molar-refractivity contribution in [3.05, 3.63) is 0 Å². The SMILES string of the molecule is CCC1(O)CC(OC)C1. The van der Waals surface area contributed by atoms with E-state index in [1.165, 1.54) is 0 Å². The van der Waals surface area contributed by atoms with Crippen molar-refractivity contribution in [2.75, 3.05) is 7.11 Å². The monoisotopic (exact) mass is 130 g/mol. The van der Waals surface area contributed by atoms with E-state index in [0.717, 1.165) is 19.3 Å². The zero-order valence-corrected chi connectivity index (χ0v) is 6.05. The van der Waals surface area contributed by atoms with Gasteiger partial charge in [-0.1, -0.05) is 6.92 Å². The molecule has 0 aromatic carbocycles. The van der Waals surface area contributed by atoms with Gasteiger partial charge >= 0.3 is 0 Å². The molecular formula is C7H14O2. The Morgan fingerprint density at radius 1 is 1.67 bits per heavy atom. The van der Waals surface area contributed by atoms with Crippen LogP contribution in [-0.4, -0.2) is 23.9 Å². The molecule has 0 atom stereocenters. The number of hydrogen-bond donors (Lipinski definition) is 1. The van der Waals surface area contributed by atoms with Crippen LogP contribution in [0.1, 0.15) is 26.2 Å². The van der Waals surface area contributed by atoms with Gasteiger partial charge in [0.25, 0.3) is 0 Å². The predicted octanol–water partition coefficient (Wildman–Crippen LogP) is 0.936. The van der Waals surface area contributed by atoms with Crippen molar-refractivity contribution in [1.82, 2.24) is 0 Å². The molecule has 1 aliphatic carbocycles. The predicted molar refractivity (Wildman–Crippen MR) is 35.3 cm³/mol. The number of hydrogen-bond acceptors (Lipinski definition) is 2. The lowest BCUT2D eigenvalue weighted by Crippen LogP contribution is -2.47. The average Bonchev–Trinajstić information content (AvgIpc) is 1.81. The van der Waals surface area contributed by atoms with Crippen LogP contribution in [0.15, 0.2) is 0 Å². The molecule has 0 aromatic rings. The molecule has 0 aliphatic heterocycles. The van der Waals surface area contributed by atoms with E-state index in [9.17, 15) is 5.11 Å². The van der Waals surface area contributed by atoms with Crippen molar-refractivity contribution in [3.8, 4) is 0 Å². The second-order valence-electron chi connectivity index (χ2n) is 2.84. The summed E-state index contributed by atoms with van der Waals surface area (Å²) in [6, 6.07) is 0. The van der Waals surface area contributed by atoms with E-state index >= 15 is 0 Å². The molecule has 0 saturated heterocycles. The van der Waals surface area contributed by atoms with Crippen LogP contribution >= 0.6 is 0 Å². The zero-order valence-electron chi connectivity index (χ0n) is 6.05. The molecule has 0 radical (unpaired) electrons. The topological polar surface area (TPSA) is 29.5 Å². The van der Waals surface area contributed by atoms with Crippen molar-refractivity contribution in [1.29, 1.82) is 0 Å². The highest BCUT2D eigenvalue weighted by Gasteiger charge is 2.40. The van der Waals surface area contributed by atoms with Crippen molar-refractivity contribution >= 4 is 0 Å². The van der Waals surface area contributed by atoms with Crippen molar-refractivity contribution in [3.63, 3.8) is 0 Å². The Labute approximate surface area is 55.8 Å². The second-order valence-corrected chi connectivity index (χ2v) is 2.84. The molecule has 0 aromatic heterocycles. The third-order valence-corrected chi connectivity index (χ3v) is 2.21. The van der Waals surface area contributed by atoms with Crippen LogP contribution in [0.3, 0.4) is 0 Å². The van der Waals surface area contributed by atoms with Crippen LogP contribution in [0.5, 0.6) is 0 Å². The summed E-state index contributed by atoms with van der Waals surface area (Å²) >= 11 is 0.